The molecule has 1 atom stereocenters. The summed E-state index contributed by atoms with van der Waals surface area (Å²) >= 11 is 3.43. The van der Waals surface area contributed by atoms with Crippen molar-refractivity contribution in [3.63, 3.8) is 0 Å². The van der Waals surface area contributed by atoms with Gasteiger partial charge in [0, 0.05) is 28.8 Å². The van der Waals surface area contributed by atoms with Gasteiger partial charge in [0.2, 0.25) is 11.7 Å². The lowest BCUT2D eigenvalue weighted by molar-refractivity contribution is 0.184. The number of hydrogen-bond acceptors (Lipinski definition) is 4. The van der Waals surface area contributed by atoms with Crippen molar-refractivity contribution >= 4 is 27.6 Å². The SMILES string of the molecule is Cc1ccc(NC(=O)N2CCCC(c3nc(-c4ccc(Br)cc4)no3)C2)c(C)c1. The number of hydrogen-bond donors (Lipinski definition) is 1. The molecule has 6 nitrogen and oxygen atoms in total. The average Bonchev–Trinajstić information content (AvgIpc) is 3.21. The van der Waals surface area contributed by atoms with Gasteiger partial charge in [0.05, 0.1) is 5.92 Å². The van der Waals surface area contributed by atoms with E-state index in [1.54, 1.807) is 0 Å². The second-order valence-electron chi connectivity index (χ2n) is 7.50. The van der Waals surface area contributed by atoms with E-state index in [-0.39, 0.29) is 11.9 Å². The van der Waals surface area contributed by atoms with Gasteiger partial charge in [-0.05, 0) is 62.6 Å². The van der Waals surface area contributed by atoms with Gasteiger partial charge < -0.3 is 14.7 Å². The Morgan fingerprint density at radius 1 is 1.21 bits per heavy atom. The molecule has 2 amide bonds. The third-order valence-electron chi connectivity index (χ3n) is 5.23. The second kappa shape index (κ2) is 8.37. The fourth-order valence-corrected chi connectivity index (χ4v) is 3.89. The number of aromatic nitrogens is 2. The third kappa shape index (κ3) is 4.50. The maximum Gasteiger partial charge on any atom is 0.321 e. The van der Waals surface area contributed by atoms with E-state index in [0.29, 0.717) is 18.3 Å². The van der Waals surface area contributed by atoms with E-state index >= 15 is 0 Å². The van der Waals surface area contributed by atoms with Crippen molar-refractivity contribution in [2.75, 3.05) is 18.4 Å². The molecule has 1 fully saturated rings. The Morgan fingerprint density at radius 3 is 2.76 bits per heavy atom. The van der Waals surface area contributed by atoms with E-state index in [2.05, 4.69) is 37.5 Å². The molecule has 1 aromatic heterocycles. The summed E-state index contributed by atoms with van der Waals surface area (Å²) in [5.74, 6) is 1.21. The lowest BCUT2D eigenvalue weighted by Crippen LogP contribution is -2.41. The zero-order valence-corrected chi connectivity index (χ0v) is 18.1. The molecule has 0 saturated carbocycles. The molecule has 29 heavy (non-hydrogen) atoms. The van der Waals surface area contributed by atoms with E-state index in [9.17, 15) is 4.79 Å². The molecular formula is C22H23BrN4O2. The van der Waals surface area contributed by atoms with Crippen LogP contribution in [-0.2, 0) is 0 Å². The van der Waals surface area contributed by atoms with Crippen molar-refractivity contribution in [1.29, 1.82) is 0 Å². The molecular weight excluding hydrogens is 432 g/mol. The maximum absolute atomic E-state index is 12.8. The van der Waals surface area contributed by atoms with E-state index in [1.165, 1.54) is 5.56 Å². The van der Waals surface area contributed by atoms with E-state index in [0.717, 1.165) is 40.7 Å². The summed E-state index contributed by atoms with van der Waals surface area (Å²) in [6.07, 6.45) is 1.83. The number of rotatable bonds is 3. The molecule has 1 saturated heterocycles. The Labute approximate surface area is 178 Å². The predicted octanol–water partition coefficient (Wildman–Crippen LogP) is 5.53. The molecule has 2 heterocycles. The lowest BCUT2D eigenvalue weighted by Gasteiger charge is -2.31. The van der Waals surface area contributed by atoms with Crippen LogP contribution < -0.4 is 5.32 Å². The highest BCUT2D eigenvalue weighted by Gasteiger charge is 2.29. The summed E-state index contributed by atoms with van der Waals surface area (Å²) < 4.78 is 6.54. The smallest absolute Gasteiger partial charge is 0.321 e. The predicted molar refractivity (Wildman–Crippen MR) is 116 cm³/mol. The number of aryl methyl sites for hydroxylation is 2. The number of benzene rings is 2. The van der Waals surface area contributed by atoms with Crippen molar-refractivity contribution in [1.82, 2.24) is 15.0 Å². The number of carbonyl (C=O) groups excluding carboxylic acids is 1. The van der Waals surface area contributed by atoms with Gasteiger partial charge in [0.15, 0.2) is 0 Å². The van der Waals surface area contributed by atoms with Crippen LogP contribution in [0.5, 0.6) is 0 Å². The number of amides is 2. The summed E-state index contributed by atoms with van der Waals surface area (Å²) in [6, 6.07) is 13.7. The Kier molecular flexibility index (Phi) is 5.67. The largest absolute Gasteiger partial charge is 0.339 e. The summed E-state index contributed by atoms with van der Waals surface area (Å²) in [5.41, 5.74) is 3.99. The van der Waals surface area contributed by atoms with Crippen LogP contribution in [0.25, 0.3) is 11.4 Å². The van der Waals surface area contributed by atoms with Crippen LogP contribution in [0.15, 0.2) is 51.5 Å². The van der Waals surface area contributed by atoms with Gasteiger partial charge in [0.1, 0.15) is 0 Å². The normalized spacial score (nSPS) is 16.7. The molecule has 0 spiro atoms. The van der Waals surface area contributed by atoms with Gasteiger partial charge in [-0.1, -0.05) is 38.8 Å². The number of piperidine rings is 1. The minimum absolute atomic E-state index is 0.0466. The number of carbonyl (C=O) groups is 1. The molecule has 0 aliphatic carbocycles. The first-order valence-corrected chi connectivity index (χ1v) is 10.5. The zero-order chi connectivity index (χ0) is 20.4. The molecule has 3 aromatic rings. The fourth-order valence-electron chi connectivity index (χ4n) is 3.63. The van der Waals surface area contributed by atoms with Gasteiger partial charge in [-0.15, -0.1) is 0 Å². The first-order chi connectivity index (χ1) is 14.0. The van der Waals surface area contributed by atoms with Gasteiger partial charge >= 0.3 is 6.03 Å². The minimum atomic E-state index is -0.0886. The monoisotopic (exact) mass is 454 g/mol. The van der Waals surface area contributed by atoms with Crippen molar-refractivity contribution < 1.29 is 9.32 Å². The Bertz CT molecular complexity index is 1020. The highest BCUT2D eigenvalue weighted by atomic mass is 79.9. The van der Waals surface area contributed by atoms with Crippen LogP contribution in [0.2, 0.25) is 0 Å². The topological polar surface area (TPSA) is 71.3 Å². The average molecular weight is 455 g/mol. The molecule has 0 radical (unpaired) electrons. The zero-order valence-electron chi connectivity index (χ0n) is 16.5. The van der Waals surface area contributed by atoms with Crippen LogP contribution in [0.1, 0.15) is 35.8 Å². The van der Waals surface area contributed by atoms with Crippen LogP contribution in [0, 0.1) is 13.8 Å². The number of likely N-dealkylation sites (tertiary alicyclic amines) is 1. The number of halogens is 1. The molecule has 7 heteroatoms. The number of urea groups is 1. The summed E-state index contributed by atoms with van der Waals surface area (Å²) in [7, 11) is 0. The van der Waals surface area contributed by atoms with Crippen molar-refractivity contribution in [3.05, 3.63) is 64.0 Å². The Morgan fingerprint density at radius 2 is 2.00 bits per heavy atom. The van der Waals surface area contributed by atoms with Gasteiger partial charge in [-0.3, -0.25) is 0 Å². The number of nitrogens with zero attached hydrogens (tertiary/aromatic N) is 3. The Balaban J connectivity index is 1.44. The van der Waals surface area contributed by atoms with Crippen molar-refractivity contribution in [2.24, 2.45) is 0 Å². The molecule has 4 rings (SSSR count). The summed E-state index contributed by atoms with van der Waals surface area (Å²) in [4.78, 5) is 19.2. The van der Waals surface area contributed by atoms with Crippen LogP contribution >= 0.6 is 15.9 Å². The molecule has 0 bridgehead atoms. The van der Waals surface area contributed by atoms with Gasteiger partial charge in [0.25, 0.3) is 0 Å². The second-order valence-corrected chi connectivity index (χ2v) is 8.41. The minimum Gasteiger partial charge on any atom is -0.339 e. The van der Waals surface area contributed by atoms with Gasteiger partial charge in [-0.2, -0.15) is 4.98 Å². The molecule has 2 aromatic carbocycles. The fraction of sp³-hybridized carbons (Fsp3) is 0.318. The maximum atomic E-state index is 12.8. The number of anilines is 1. The van der Waals surface area contributed by atoms with E-state index in [1.807, 2.05) is 55.1 Å². The quantitative estimate of drug-likeness (QED) is 0.564. The summed E-state index contributed by atoms with van der Waals surface area (Å²) in [6.45, 7) is 5.34. The lowest BCUT2D eigenvalue weighted by atomic mass is 9.98. The first-order valence-electron chi connectivity index (χ1n) is 9.72. The highest BCUT2D eigenvalue weighted by Crippen LogP contribution is 2.28. The van der Waals surface area contributed by atoms with E-state index < -0.39 is 0 Å². The van der Waals surface area contributed by atoms with Gasteiger partial charge in [-0.25, -0.2) is 4.79 Å². The van der Waals surface area contributed by atoms with Crippen LogP contribution in [0.4, 0.5) is 10.5 Å². The first kappa shape index (κ1) is 19.6. The standard InChI is InChI=1S/C22H23BrN4O2/c1-14-5-10-19(15(2)12-14)24-22(28)27-11-3-4-17(13-27)21-25-20(26-29-21)16-6-8-18(23)9-7-16/h5-10,12,17H,3-4,11,13H2,1-2H3,(H,24,28). The number of nitrogens with one attached hydrogen (secondary N) is 1. The molecule has 1 N–H and O–H groups in total. The van der Waals surface area contributed by atoms with Crippen molar-refractivity contribution in [3.8, 4) is 11.4 Å². The molecule has 1 aliphatic rings. The Hall–Kier alpha value is -2.67. The van der Waals surface area contributed by atoms with E-state index in [4.69, 9.17) is 4.52 Å². The molecule has 1 unspecified atom stereocenters. The van der Waals surface area contributed by atoms with Crippen molar-refractivity contribution in [2.45, 2.75) is 32.6 Å². The molecule has 1 aliphatic heterocycles. The summed E-state index contributed by atoms with van der Waals surface area (Å²) in [5, 5.41) is 7.16. The van der Waals surface area contributed by atoms with Crippen LogP contribution in [-0.4, -0.2) is 34.2 Å². The van der Waals surface area contributed by atoms with Crippen LogP contribution in [0.3, 0.4) is 0 Å². The molecule has 150 valence electrons. The third-order valence-corrected chi connectivity index (χ3v) is 5.75. The highest BCUT2D eigenvalue weighted by molar-refractivity contribution is 9.10.